The smallest absolute Gasteiger partial charge is 0.226 e. The molecule has 3 aliphatic rings. The van der Waals surface area contributed by atoms with Gasteiger partial charge in [0.2, 0.25) is 5.89 Å². The lowest BCUT2D eigenvalue weighted by molar-refractivity contribution is 0.0767. The highest BCUT2D eigenvalue weighted by Gasteiger charge is 2.53. The van der Waals surface area contributed by atoms with Gasteiger partial charge in [-0.2, -0.15) is 0 Å². The molecule has 2 bridgehead atoms. The third-order valence-corrected chi connectivity index (χ3v) is 6.36. The van der Waals surface area contributed by atoms with Gasteiger partial charge >= 0.3 is 0 Å². The molecule has 0 radical (unpaired) electrons. The van der Waals surface area contributed by atoms with Crippen LogP contribution in [0.25, 0.3) is 11.5 Å². The first kappa shape index (κ1) is 21.5. The molecule has 1 N–H and O–H groups in total. The molecule has 6 nitrogen and oxygen atoms in total. The minimum absolute atomic E-state index is 0. The van der Waals surface area contributed by atoms with E-state index >= 15 is 0 Å². The molecule has 1 aromatic heterocycles. The van der Waals surface area contributed by atoms with E-state index < -0.39 is 0 Å². The molecule has 0 aliphatic carbocycles. The first-order valence-corrected chi connectivity index (χ1v) is 10.6. The maximum absolute atomic E-state index is 13.1. The summed E-state index contributed by atoms with van der Waals surface area (Å²) in [5, 5.41) is 3.44. The van der Waals surface area contributed by atoms with Crippen LogP contribution < -0.4 is 5.32 Å². The van der Waals surface area contributed by atoms with Crippen molar-refractivity contribution in [1.82, 2.24) is 15.2 Å². The Labute approximate surface area is 193 Å². The van der Waals surface area contributed by atoms with Crippen LogP contribution in [0.5, 0.6) is 0 Å². The standard InChI is InChI=1S/C22H27FN4O2.HI/c1-2-24-22(27-11-17-18(12-27)20-8-7-19(17)29-20)25-10-9-16-13-28-21(26-16)14-3-5-15(23)6-4-14;/h3-6,13,17-20H,2,7-12H2,1H3,(H,24,25);1H. The van der Waals surface area contributed by atoms with Crippen molar-refractivity contribution in [2.24, 2.45) is 16.8 Å². The quantitative estimate of drug-likeness (QED) is 0.366. The van der Waals surface area contributed by atoms with Gasteiger partial charge in [-0.1, -0.05) is 0 Å². The minimum atomic E-state index is -0.267. The Balaban J connectivity index is 0.00000218. The Morgan fingerprint density at radius 2 is 1.90 bits per heavy atom. The molecule has 0 saturated carbocycles. The number of guanidine groups is 1. The number of ether oxygens (including phenoxy) is 1. The van der Waals surface area contributed by atoms with Crippen LogP contribution >= 0.6 is 24.0 Å². The molecule has 3 saturated heterocycles. The molecule has 162 valence electrons. The van der Waals surface area contributed by atoms with Crippen molar-refractivity contribution < 1.29 is 13.5 Å². The van der Waals surface area contributed by atoms with E-state index in [0.717, 1.165) is 36.9 Å². The Kier molecular flexibility index (Phi) is 6.62. The zero-order valence-electron chi connectivity index (χ0n) is 17.1. The Hall–Kier alpha value is -1.68. The van der Waals surface area contributed by atoms with Gasteiger partial charge in [-0.05, 0) is 44.0 Å². The zero-order chi connectivity index (χ0) is 19.8. The number of aromatic nitrogens is 1. The average molecular weight is 526 g/mol. The number of likely N-dealkylation sites (tertiary alicyclic amines) is 1. The van der Waals surface area contributed by atoms with Crippen LogP contribution in [0.3, 0.4) is 0 Å². The first-order chi connectivity index (χ1) is 14.2. The lowest BCUT2D eigenvalue weighted by Gasteiger charge is -2.23. The van der Waals surface area contributed by atoms with Crippen LogP contribution in [0.4, 0.5) is 4.39 Å². The number of oxazole rings is 1. The number of hydrogen-bond acceptors (Lipinski definition) is 4. The van der Waals surface area contributed by atoms with Crippen molar-refractivity contribution in [2.45, 2.75) is 38.4 Å². The van der Waals surface area contributed by atoms with Gasteiger partial charge in [-0.15, -0.1) is 24.0 Å². The van der Waals surface area contributed by atoms with Gasteiger partial charge in [0.05, 0.1) is 17.9 Å². The molecular formula is C22H28FIN4O2. The van der Waals surface area contributed by atoms with E-state index in [1.807, 2.05) is 0 Å². The lowest BCUT2D eigenvalue weighted by Crippen LogP contribution is -2.41. The summed E-state index contributed by atoms with van der Waals surface area (Å²) in [6, 6.07) is 6.17. The number of aliphatic imine (C=N–C) groups is 1. The number of hydrogen-bond donors (Lipinski definition) is 1. The van der Waals surface area contributed by atoms with Crippen molar-refractivity contribution in [3.8, 4) is 11.5 Å². The van der Waals surface area contributed by atoms with Gasteiger partial charge < -0.3 is 19.4 Å². The van der Waals surface area contributed by atoms with Crippen LogP contribution in [0.1, 0.15) is 25.5 Å². The summed E-state index contributed by atoms with van der Waals surface area (Å²) in [5.74, 6) is 2.55. The van der Waals surface area contributed by atoms with Crippen molar-refractivity contribution in [3.05, 3.63) is 42.0 Å². The highest BCUT2D eigenvalue weighted by molar-refractivity contribution is 14.0. The zero-order valence-corrected chi connectivity index (χ0v) is 19.4. The molecule has 2 aromatic rings. The summed E-state index contributed by atoms with van der Waals surface area (Å²) in [4.78, 5) is 11.8. The summed E-state index contributed by atoms with van der Waals surface area (Å²) in [7, 11) is 0. The summed E-state index contributed by atoms with van der Waals surface area (Å²) in [6.07, 6.45) is 5.72. The predicted molar refractivity (Wildman–Crippen MR) is 123 cm³/mol. The maximum Gasteiger partial charge on any atom is 0.226 e. The van der Waals surface area contributed by atoms with E-state index in [4.69, 9.17) is 14.1 Å². The Morgan fingerprint density at radius 1 is 1.20 bits per heavy atom. The fourth-order valence-corrected chi connectivity index (χ4v) is 4.98. The van der Waals surface area contributed by atoms with E-state index in [1.54, 1.807) is 18.4 Å². The summed E-state index contributed by atoms with van der Waals surface area (Å²) < 4.78 is 24.7. The van der Waals surface area contributed by atoms with Crippen molar-refractivity contribution in [1.29, 1.82) is 0 Å². The van der Waals surface area contributed by atoms with Crippen LogP contribution in [0, 0.1) is 17.7 Å². The SMILES string of the molecule is CCNC(=NCCc1coc(-c2ccc(F)cc2)n1)N1CC2C3CCC(O3)C2C1.I. The third kappa shape index (κ3) is 4.21. The predicted octanol–water partition coefficient (Wildman–Crippen LogP) is 3.72. The number of halogens is 2. The number of nitrogens with one attached hydrogen (secondary N) is 1. The van der Waals surface area contributed by atoms with Crippen LogP contribution in [-0.2, 0) is 11.2 Å². The number of benzene rings is 1. The highest BCUT2D eigenvalue weighted by atomic mass is 127. The van der Waals surface area contributed by atoms with E-state index in [-0.39, 0.29) is 29.8 Å². The second-order valence-corrected chi connectivity index (χ2v) is 8.16. The Bertz CT molecular complexity index is 870. The molecule has 4 heterocycles. The molecule has 30 heavy (non-hydrogen) atoms. The van der Waals surface area contributed by atoms with Gasteiger partial charge in [0.15, 0.2) is 5.96 Å². The number of nitrogens with zero attached hydrogens (tertiary/aromatic N) is 3. The fourth-order valence-electron chi connectivity index (χ4n) is 4.98. The minimum Gasteiger partial charge on any atom is -0.444 e. The van der Waals surface area contributed by atoms with Gasteiger partial charge in [0.1, 0.15) is 12.1 Å². The molecule has 3 fully saturated rings. The van der Waals surface area contributed by atoms with Gasteiger partial charge in [-0.3, -0.25) is 4.99 Å². The lowest BCUT2D eigenvalue weighted by atomic mass is 9.82. The van der Waals surface area contributed by atoms with Gasteiger partial charge in [-0.25, -0.2) is 9.37 Å². The normalized spacial score (nSPS) is 27.3. The second-order valence-electron chi connectivity index (χ2n) is 8.16. The monoisotopic (exact) mass is 526 g/mol. The maximum atomic E-state index is 13.1. The van der Waals surface area contributed by atoms with E-state index in [2.05, 4.69) is 22.1 Å². The van der Waals surface area contributed by atoms with E-state index in [0.29, 0.717) is 42.9 Å². The molecule has 5 rings (SSSR count). The Morgan fingerprint density at radius 3 is 2.57 bits per heavy atom. The highest BCUT2D eigenvalue weighted by Crippen LogP contribution is 2.47. The third-order valence-electron chi connectivity index (χ3n) is 6.36. The summed E-state index contributed by atoms with van der Waals surface area (Å²) >= 11 is 0. The number of fused-ring (bicyclic) bond motifs is 5. The van der Waals surface area contributed by atoms with Crippen molar-refractivity contribution in [2.75, 3.05) is 26.2 Å². The van der Waals surface area contributed by atoms with Crippen LogP contribution in [-0.4, -0.2) is 54.2 Å². The molecule has 3 aliphatic heterocycles. The average Bonchev–Trinajstić information content (AvgIpc) is 3.49. The summed E-state index contributed by atoms with van der Waals surface area (Å²) in [6.45, 7) is 5.68. The molecular weight excluding hydrogens is 498 g/mol. The van der Waals surface area contributed by atoms with E-state index in [1.165, 1.54) is 25.0 Å². The van der Waals surface area contributed by atoms with Crippen LogP contribution in [0.15, 0.2) is 39.9 Å². The van der Waals surface area contributed by atoms with Gasteiger partial charge in [0.25, 0.3) is 0 Å². The number of rotatable bonds is 5. The van der Waals surface area contributed by atoms with Crippen LogP contribution in [0.2, 0.25) is 0 Å². The molecule has 1 aromatic carbocycles. The first-order valence-electron chi connectivity index (χ1n) is 10.6. The van der Waals surface area contributed by atoms with Crippen molar-refractivity contribution in [3.63, 3.8) is 0 Å². The molecule has 0 amide bonds. The van der Waals surface area contributed by atoms with Crippen molar-refractivity contribution >= 4 is 29.9 Å². The summed E-state index contributed by atoms with van der Waals surface area (Å²) in [5.41, 5.74) is 1.63. The molecule has 4 unspecified atom stereocenters. The topological polar surface area (TPSA) is 62.9 Å². The van der Waals surface area contributed by atoms with E-state index in [9.17, 15) is 4.39 Å². The molecule has 8 heteroatoms. The second kappa shape index (κ2) is 9.21. The van der Waals surface area contributed by atoms with Gasteiger partial charge in [0, 0.05) is 50.0 Å². The molecule has 0 spiro atoms. The fraction of sp³-hybridized carbons (Fsp3) is 0.545. The molecule has 4 atom stereocenters. The largest absolute Gasteiger partial charge is 0.444 e.